The molecule has 0 aromatic rings. The van der Waals surface area contributed by atoms with E-state index in [1.807, 2.05) is 26.0 Å². The Bertz CT molecular complexity index is 304. The first-order chi connectivity index (χ1) is 7.15. The van der Waals surface area contributed by atoms with Gasteiger partial charge in [-0.3, -0.25) is 4.99 Å². The molecule has 0 aliphatic heterocycles. The van der Waals surface area contributed by atoms with Gasteiger partial charge in [-0.25, -0.2) is 0 Å². The highest BCUT2D eigenvalue weighted by Crippen LogP contribution is 2.11. The van der Waals surface area contributed by atoms with Crippen molar-refractivity contribution in [1.29, 1.82) is 0 Å². The van der Waals surface area contributed by atoms with Crippen LogP contribution in [0, 0.1) is 0 Å². The first kappa shape index (κ1) is 13.6. The summed E-state index contributed by atoms with van der Waals surface area (Å²) in [4.78, 5) is 3.69. The molecule has 82 valence electrons. The first-order valence-corrected chi connectivity index (χ1v) is 4.77. The number of rotatable bonds is 6. The number of aliphatic imine (C=N–C) groups is 1. The van der Waals surface area contributed by atoms with E-state index < -0.39 is 0 Å². The Balaban J connectivity index is 4.95. The molecule has 0 aliphatic rings. The van der Waals surface area contributed by atoms with E-state index in [0.717, 1.165) is 11.1 Å². The molecule has 2 nitrogen and oxygen atoms in total. The molecule has 15 heavy (non-hydrogen) atoms. The highest BCUT2D eigenvalue weighted by molar-refractivity contribution is 5.40. The van der Waals surface area contributed by atoms with Gasteiger partial charge in [0.1, 0.15) is 0 Å². The third-order valence-corrected chi connectivity index (χ3v) is 1.85. The monoisotopic (exact) mass is 205 g/mol. The van der Waals surface area contributed by atoms with E-state index in [4.69, 9.17) is 4.74 Å². The topological polar surface area (TPSA) is 21.6 Å². The fourth-order valence-electron chi connectivity index (χ4n) is 1.02. The van der Waals surface area contributed by atoms with Gasteiger partial charge in [0.25, 0.3) is 0 Å². The molecule has 0 unspecified atom stereocenters. The van der Waals surface area contributed by atoms with Crippen LogP contribution in [0.1, 0.15) is 13.8 Å². The van der Waals surface area contributed by atoms with Crippen molar-refractivity contribution in [2.75, 3.05) is 13.7 Å². The summed E-state index contributed by atoms with van der Waals surface area (Å²) in [5.41, 5.74) is 3.36. The largest absolute Gasteiger partial charge is 0.380 e. The summed E-state index contributed by atoms with van der Waals surface area (Å²) in [5, 5.41) is 0. The summed E-state index contributed by atoms with van der Waals surface area (Å²) >= 11 is 0. The maximum atomic E-state index is 5.06. The molecule has 0 heterocycles. The number of hydrogen-bond acceptors (Lipinski definition) is 2. The van der Waals surface area contributed by atoms with Crippen LogP contribution in [0.5, 0.6) is 0 Å². The summed E-state index contributed by atoms with van der Waals surface area (Å²) in [5.74, 6) is 0. The molecule has 0 aromatic heterocycles. The molecule has 0 atom stereocenters. The van der Waals surface area contributed by atoms with Gasteiger partial charge in [-0.2, -0.15) is 0 Å². The Morgan fingerprint density at radius 1 is 1.40 bits per heavy atom. The Morgan fingerprint density at radius 3 is 2.47 bits per heavy atom. The number of nitrogens with zero attached hydrogens (tertiary/aromatic N) is 1. The number of methoxy groups -OCH3 is 1. The van der Waals surface area contributed by atoms with Gasteiger partial charge in [0.15, 0.2) is 0 Å². The lowest BCUT2D eigenvalue weighted by atomic mass is 10.1. The fraction of sp³-hybridized carbons (Fsp3) is 0.308. The zero-order valence-electron chi connectivity index (χ0n) is 9.79. The van der Waals surface area contributed by atoms with Crippen LogP contribution in [0.15, 0.2) is 52.7 Å². The molecule has 0 bridgehead atoms. The van der Waals surface area contributed by atoms with Gasteiger partial charge in [-0.1, -0.05) is 18.2 Å². The normalized spacial score (nSPS) is 11.5. The molecule has 0 spiro atoms. The molecule has 0 radical (unpaired) electrons. The maximum Gasteiger partial charge on any atom is 0.0713 e. The summed E-state index contributed by atoms with van der Waals surface area (Å²) in [6.45, 7) is 11.8. The Hall–Kier alpha value is -1.41. The number of hydrogen-bond donors (Lipinski definition) is 0. The second kappa shape index (κ2) is 7.94. The minimum absolute atomic E-state index is 0.565. The lowest BCUT2D eigenvalue weighted by Gasteiger charge is -2.03. The summed E-state index contributed by atoms with van der Waals surface area (Å²) in [7, 11) is 1.67. The molecule has 0 amide bonds. The van der Waals surface area contributed by atoms with E-state index >= 15 is 0 Å². The lowest BCUT2D eigenvalue weighted by Crippen LogP contribution is -1.92. The molecule has 2 heteroatoms. The summed E-state index contributed by atoms with van der Waals surface area (Å²) in [6, 6.07) is 0. The van der Waals surface area contributed by atoms with Gasteiger partial charge in [0, 0.05) is 13.3 Å². The van der Waals surface area contributed by atoms with Crippen molar-refractivity contribution in [3.8, 4) is 0 Å². The van der Waals surface area contributed by atoms with Gasteiger partial charge in [0.2, 0.25) is 0 Å². The number of ether oxygens (including phenoxy) is 1. The minimum atomic E-state index is 0.565. The van der Waals surface area contributed by atoms with Crippen LogP contribution in [0.3, 0.4) is 0 Å². The predicted molar refractivity (Wildman–Crippen MR) is 67.2 cm³/mol. The maximum absolute atomic E-state index is 5.06. The molecule has 0 saturated carbocycles. The fourth-order valence-corrected chi connectivity index (χ4v) is 1.02. The average molecular weight is 205 g/mol. The van der Waals surface area contributed by atoms with Crippen LogP contribution in [0.4, 0.5) is 0 Å². The van der Waals surface area contributed by atoms with Crippen LogP contribution in [0.25, 0.3) is 0 Å². The molecule has 0 aromatic carbocycles. The summed E-state index contributed by atoms with van der Waals surface area (Å²) in [6.07, 6.45) is 7.42. The zero-order chi connectivity index (χ0) is 11.7. The third kappa shape index (κ3) is 5.81. The van der Waals surface area contributed by atoms with Crippen molar-refractivity contribution in [1.82, 2.24) is 0 Å². The molecule has 0 N–H and O–H groups in total. The van der Waals surface area contributed by atoms with Gasteiger partial charge < -0.3 is 4.74 Å². The Morgan fingerprint density at radius 2 is 2.07 bits per heavy atom. The van der Waals surface area contributed by atoms with Crippen molar-refractivity contribution in [2.45, 2.75) is 13.8 Å². The van der Waals surface area contributed by atoms with Crippen molar-refractivity contribution in [3.05, 3.63) is 47.7 Å². The predicted octanol–water partition coefficient (Wildman–Crippen LogP) is 3.30. The van der Waals surface area contributed by atoms with Crippen molar-refractivity contribution >= 4 is 6.72 Å². The molecule has 0 aliphatic carbocycles. The Kier molecular flexibility index (Phi) is 7.20. The van der Waals surface area contributed by atoms with Gasteiger partial charge in [-0.05, 0) is 43.9 Å². The second-order valence-electron chi connectivity index (χ2n) is 3.31. The van der Waals surface area contributed by atoms with Crippen LogP contribution >= 0.6 is 0 Å². The standard InChI is InChI=1S/C13H19NO/c1-6-12(10-15-5)9-13(11(2)3)7-8-14-4/h6-9H,1,4,10H2,2-3,5H3/b8-7-,12-9+. The molecule has 0 fully saturated rings. The summed E-state index contributed by atoms with van der Waals surface area (Å²) < 4.78 is 5.06. The van der Waals surface area contributed by atoms with Crippen molar-refractivity contribution < 1.29 is 4.74 Å². The van der Waals surface area contributed by atoms with Crippen LogP contribution in [0.2, 0.25) is 0 Å². The average Bonchev–Trinajstić information content (AvgIpc) is 2.22. The molecule has 0 saturated heterocycles. The lowest BCUT2D eigenvalue weighted by molar-refractivity contribution is 0.228. The second-order valence-corrected chi connectivity index (χ2v) is 3.31. The highest BCUT2D eigenvalue weighted by Gasteiger charge is 1.95. The minimum Gasteiger partial charge on any atom is -0.380 e. The highest BCUT2D eigenvalue weighted by atomic mass is 16.5. The zero-order valence-corrected chi connectivity index (χ0v) is 9.79. The smallest absolute Gasteiger partial charge is 0.0713 e. The van der Waals surface area contributed by atoms with Gasteiger partial charge in [-0.15, -0.1) is 0 Å². The van der Waals surface area contributed by atoms with Crippen LogP contribution < -0.4 is 0 Å². The molecular formula is C13H19NO. The van der Waals surface area contributed by atoms with Gasteiger partial charge in [0.05, 0.1) is 6.61 Å². The van der Waals surface area contributed by atoms with E-state index in [0.29, 0.717) is 6.61 Å². The van der Waals surface area contributed by atoms with E-state index in [9.17, 15) is 0 Å². The van der Waals surface area contributed by atoms with E-state index in [1.165, 1.54) is 5.57 Å². The van der Waals surface area contributed by atoms with Crippen LogP contribution in [-0.2, 0) is 4.74 Å². The van der Waals surface area contributed by atoms with Crippen molar-refractivity contribution in [3.63, 3.8) is 0 Å². The first-order valence-electron chi connectivity index (χ1n) is 4.77. The van der Waals surface area contributed by atoms with Crippen LogP contribution in [-0.4, -0.2) is 20.4 Å². The Labute approximate surface area is 92.4 Å². The van der Waals surface area contributed by atoms with Gasteiger partial charge >= 0.3 is 0 Å². The quantitative estimate of drug-likeness (QED) is 0.481. The molecular weight excluding hydrogens is 186 g/mol. The van der Waals surface area contributed by atoms with E-state index in [2.05, 4.69) is 18.3 Å². The van der Waals surface area contributed by atoms with E-state index in [1.54, 1.807) is 19.4 Å². The number of allylic oxidation sites excluding steroid dienone is 4. The van der Waals surface area contributed by atoms with E-state index in [-0.39, 0.29) is 0 Å². The third-order valence-electron chi connectivity index (χ3n) is 1.85. The SMILES string of the molecule is C=C/C(=C\C(/C=C\N=C)=C(C)C)COC. The molecule has 0 rings (SSSR count). The van der Waals surface area contributed by atoms with Crippen molar-refractivity contribution in [2.24, 2.45) is 4.99 Å².